The summed E-state index contributed by atoms with van der Waals surface area (Å²) in [6.45, 7) is 6.02. The van der Waals surface area contributed by atoms with Crippen molar-refractivity contribution in [3.8, 4) is 12.1 Å². The van der Waals surface area contributed by atoms with Crippen LogP contribution in [0.3, 0.4) is 0 Å². The van der Waals surface area contributed by atoms with E-state index in [0.29, 0.717) is 39.3 Å². The molecule has 350 valence electrons. The summed E-state index contributed by atoms with van der Waals surface area (Å²) in [7, 11) is 0. The molecule has 1 heterocycles. The number of halogens is 5. The Balaban J connectivity index is 0.000000251. The fourth-order valence-corrected chi connectivity index (χ4v) is 8.98. The Morgan fingerprint density at radius 1 is 0.612 bits per heavy atom. The quantitative estimate of drug-likeness (QED) is 0.0814. The first-order valence-corrected chi connectivity index (χ1v) is 24.0. The summed E-state index contributed by atoms with van der Waals surface area (Å²) in [4.78, 5) is 4.70. The molecule has 1 aliphatic rings. The van der Waals surface area contributed by atoms with Gasteiger partial charge >= 0.3 is 0 Å². The average molecular weight is 999 g/mol. The Bertz CT molecular complexity index is 2460. The molecule has 0 amide bonds. The van der Waals surface area contributed by atoms with Crippen molar-refractivity contribution in [3.05, 3.63) is 210 Å². The van der Waals surface area contributed by atoms with Crippen molar-refractivity contribution in [3.63, 3.8) is 0 Å². The number of rotatable bonds is 20. The average Bonchev–Trinajstić information content (AvgIpc) is 3.34. The summed E-state index contributed by atoms with van der Waals surface area (Å²) in [6, 6.07) is 52.0. The van der Waals surface area contributed by atoms with Crippen molar-refractivity contribution in [1.29, 1.82) is 10.5 Å². The molecule has 0 aromatic heterocycles. The molecule has 0 radical (unpaired) electrons. The molecule has 67 heavy (non-hydrogen) atoms. The smallest absolute Gasteiger partial charge is 0.157 e. The SMILES string of the molecule is Cl.N#Cc1ccc(C[C@@H](CN(CCO)Cc2ccccc2)c2ccc(Cl)cc2)c(Cl)c1.N#Cc1ccc(C[C@@H](CN(CCOC2CCCCO2)Cc2ccccc2)c2ccc(Cl)cc2)c(Cl)c1. The third kappa shape index (κ3) is 17.9. The lowest BCUT2D eigenvalue weighted by Gasteiger charge is -2.30. The first-order valence-electron chi connectivity index (χ1n) is 22.4. The van der Waals surface area contributed by atoms with E-state index >= 15 is 0 Å². The van der Waals surface area contributed by atoms with Crippen LogP contribution in [0.1, 0.15) is 75.6 Å². The Hall–Kier alpha value is -4.45. The van der Waals surface area contributed by atoms with Crippen molar-refractivity contribution in [2.75, 3.05) is 46.0 Å². The molecular formula is C55H57Cl5N4O3. The summed E-state index contributed by atoms with van der Waals surface area (Å²) in [6.07, 6.45) is 4.61. The maximum atomic E-state index is 9.62. The monoisotopic (exact) mass is 996 g/mol. The van der Waals surface area contributed by atoms with Gasteiger partial charge in [-0.2, -0.15) is 10.5 Å². The highest BCUT2D eigenvalue weighted by molar-refractivity contribution is 6.32. The van der Waals surface area contributed by atoms with Crippen LogP contribution >= 0.6 is 58.8 Å². The highest BCUT2D eigenvalue weighted by Crippen LogP contribution is 2.30. The second kappa shape index (κ2) is 28.8. The molecule has 6 aromatic carbocycles. The minimum atomic E-state index is -0.0955. The molecule has 1 saturated heterocycles. The maximum Gasteiger partial charge on any atom is 0.157 e. The molecule has 1 fully saturated rings. The fraction of sp³-hybridized carbons (Fsp3) is 0.309. The third-order valence-electron chi connectivity index (χ3n) is 11.7. The van der Waals surface area contributed by atoms with E-state index in [1.165, 1.54) is 16.7 Å². The number of benzene rings is 6. The summed E-state index contributed by atoms with van der Waals surface area (Å²) in [5.41, 5.74) is 7.99. The van der Waals surface area contributed by atoms with Crippen LogP contribution in [0.4, 0.5) is 0 Å². The van der Waals surface area contributed by atoms with E-state index in [1.54, 1.807) is 18.2 Å². The molecule has 0 saturated carbocycles. The van der Waals surface area contributed by atoms with Gasteiger partial charge in [-0.15, -0.1) is 12.4 Å². The molecule has 12 heteroatoms. The molecule has 3 atom stereocenters. The van der Waals surface area contributed by atoms with Crippen LogP contribution < -0.4 is 0 Å². The van der Waals surface area contributed by atoms with E-state index in [4.69, 9.17) is 61.1 Å². The van der Waals surface area contributed by atoms with Gasteiger partial charge in [-0.05, 0) is 114 Å². The fourth-order valence-electron chi connectivity index (χ4n) is 8.21. The van der Waals surface area contributed by atoms with Crippen LogP contribution in [-0.4, -0.2) is 67.2 Å². The van der Waals surface area contributed by atoms with Crippen LogP contribution in [0.5, 0.6) is 0 Å². The van der Waals surface area contributed by atoms with Crippen LogP contribution in [0, 0.1) is 22.7 Å². The molecule has 6 aromatic rings. The summed E-state index contributed by atoms with van der Waals surface area (Å²) in [5.74, 6) is 0.338. The molecule has 7 nitrogen and oxygen atoms in total. The van der Waals surface area contributed by atoms with Gasteiger partial charge in [0.05, 0.1) is 36.5 Å². The third-order valence-corrected chi connectivity index (χ3v) is 12.9. The Morgan fingerprint density at radius 3 is 1.48 bits per heavy atom. The molecule has 1 aliphatic heterocycles. The molecule has 7 rings (SSSR count). The molecule has 1 unspecified atom stereocenters. The number of hydrogen-bond donors (Lipinski definition) is 1. The predicted octanol–water partition coefficient (Wildman–Crippen LogP) is 13.3. The largest absolute Gasteiger partial charge is 0.395 e. The number of nitrogens with zero attached hydrogens (tertiary/aromatic N) is 4. The number of aliphatic hydroxyl groups is 1. The second-order valence-electron chi connectivity index (χ2n) is 16.6. The van der Waals surface area contributed by atoms with Crippen LogP contribution in [0.25, 0.3) is 0 Å². The van der Waals surface area contributed by atoms with Gasteiger partial charge in [-0.3, -0.25) is 9.80 Å². The van der Waals surface area contributed by atoms with Gasteiger partial charge in [0.15, 0.2) is 6.29 Å². The Kier molecular flexibility index (Phi) is 23.0. The second-order valence-corrected chi connectivity index (χ2v) is 18.3. The van der Waals surface area contributed by atoms with Gasteiger partial charge in [0.2, 0.25) is 0 Å². The van der Waals surface area contributed by atoms with E-state index < -0.39 is 0 Å². The number of nitriles is 2. The van der Waals surface area contributed by atoms with Gasteiger partial charge in [0.25, 0.3) is 0 Å². The molecular weight excluding hydrogens is 942 g/mol. The Morgan fingerprint density at radius 2 is 1.07 bits per heavy atom. The van der Waals surface area contributed by atoms with Gasteiger partial charge < -0.3 is 14.6 Å². The van der Waals surface area contributed by atoms with Crippen LogP contribution in [0.2, 0.25) is 20.1 Å². The normalized spacial score (nSPS) is 14.3. The van der Waals surface area contributed by atoms with E-state index in [0.717, 1.165) is 93.1 Å². The lowest BCUT2D eigenvalue weighted by molar-refractivity contribution is -0.164. The van der Waals surface area contributed by atoms with Gasteiger partial charge in [-0.25, -0.2) is 0 Å². The van der Waals surface area contributed by atoms with Gasteiger partial charge in [0.1, 0.15) is 0 Å². The Labute approximate surface area is 422 Å². The number of hydrogen-bond acceptors (Lipinski definition) is 7. The van der Waals surface area contributed by atoms with Crippen molar-refractivity contribution >= 4 is 58.8 Å². The van der Waals surface area contributed by atoms with Crippen LogP contribution in [-0.2, 0) is 35.4 Å². The van der Waals surface area contributed by atoms with Gasteiger partial charge in [-0.1, -0.05) is 143 Å². The summed E-state index contributed by atoms with van der Waals surface area (Å²) < 4.78 is 11.8. The lowest BCUT2D eigenvalue weighted by Crippen LogP contribution is -2.34. The summed E-state index contributed by atoms with van der Waals surface area (Å²) in [5, 5.41) is 30.6. The van der Waals surface area contributed by atoms with Gasteiger partial charge in [0, 0.05) is 77.8 Å². The number of ether oxygens (including phenoxy) is 2. The van der Waals surface area contributed by atoms with E-state index in [-0.39, 0.29) is 37.1 Å². The lowest BCUT2D eigenvalue weighted by atomic mass is 9.91. The van der Waals surface area contributed by atoms with Crippen molar-refractivity contribution < 1.29 is 14.6 Å². The number of aliphatic hydroxyl groups excluding tert-OH is 1. The van der Waals surface area contributed by atoms with E-state index in [9.17, 15) is 10.4 Å². The highest BCUT2D eigenvalue weighted by atomic mass is 35.5. The minimum Gasteiger partial charge on any atom is -0.395 e. The first kappa shape index (κ1) is 53.5. The predicted molar refractivity (Wildman–Crippen MR) is 275 cm³/mol. The molecule has 1 N–H and O–H groups in total. The zero-order valence-corrected chi connectivity index (χ0v) is 41.3. The molecule has 0 spiro atoms. The van der Waals surface area contributed by atoms with Crippen molar-refractivity contribution in [2.24, 2.45) is 0 Å². The zero-order valence-electron chi connectivity index (χ0n) is 37.5. The maximum absolute atomic E-state index is 9.62. The topological polar surface area (TPSA) is 92.8 Å². The first-order chi connectivity index (χ1) is 32.2. The van der Waals surface area contributed by atoms with E-state index in [1.807, 2.05) is 78.9 Å². The minimum absolute atomic E-state index is 0. The van der Waals surface area contributed by atoms with Crippen LogP contribution in [0.15, 0.2) is 146 Å². The standard InChI is InChI=1S/C30H32Cl2N2O2.C25H24Cl2N2O.ClH/c31-28-13-11-25(12-14-28)27(19-26-10-9-24(20-33)18-29(26)32)22-34(21-23-6-2-1-3-7-23)15-17-36-30-8-4-5-16-35-30;26-24-10-8-21(9-11-24)23(15-22-7-6-20(16-28)14-25(22)27)18-29(12-13-30)17-19-4-2-1-3-5-19;/h1-3,6-7,9-14,18,27,30H,4-5,8,15-17,19,21-22H2;1-11,14,23,30H,12-13,15,17-18H2;1H/t27-,30?;23-;/m00./s1. The van der Waals surface area contributed by atoms with Crippen molar-refractivity contribution in [2.45, 2.75) is 63.3 Å². The zero-order chi connectivity index (χ0) is 46.5. The highest BCUT2D eigenvalue weighted by Gasteiger charge is 2.22. The van der Waals surface area contributed by atoms with Crippen molar-refractivity contribution in [1.82, 2.24) is 9.80 Å². The summed E-state index contributed by atoms with van der Waals surface area (Å²) >= 11 is 25.4. The van der Waals surface area contributed by atoms with E-state index in [2.05, 4.69) is 70.5 Å². The molecule has 0 bridgehead atoms. The molecule has 0 aliphatic carbocycles.